The van der Waals surface area contributed by atoms with Crippen molar-refractivity contribution in [2.24, 2.45) is 0 Å². The first-order chi connectivity index (χ1) is 6.68. The first-order valence-corrected chi connectivity index (χ1v) is 4.62. The molecule has 0 heterocycles. The summed E-state index contributed by atoms with van der Waals surface area (Å²) in [6, 6.07) is 0. The van der Waals surface area contributed by atoms with E-state index in [2.05, 4.69) is 6.58 Å². The van der Waals surface area contributed by atoms with Gasteiger partial charge in [0, 0.05) is 0 Å². The smallest absolute Gasteiger partial charge is 0.209 e. The molecule has 0 atom stereocenters. The molecule has 0 amide bonds. The molecule has 0 spiro atoms. The highest BCUT2D eigenvalue weighted by Gasteiger charge is 2.23. The second-order valence-corrected chi connectivity index (χ2v) is 2.88. The first-order valence-electron chi connectivity index (χ1n) is 4.16. The van der Waals surface area contributed by atoms with Gasteiger partial charge in [0.25, 0.3) is 0 Å². The maximum Gasteiger partial charge on any atom is 0.209 e. The molecule has 0 aliphatic heterocycles. The van der Waals surface area contributed by atoms with Gasteiger partial charge in [-0.15, -0.1) is 6.58 Å². The zero-order chi connectivity index (χ0) is 10.9. The highest BCUT2D eigenvalue weighted by Crippen LogP contribution is 2.12. The SMILES string of the molecule is [3H][B]SOCC(O)(C=C)COS[B][3H]. The Morgan fingerprint density at radius 3 is 2.33 bits per heavy atom. The van der Waals surface area contributed by atoms with Crippen LogP contribution in [0.2, 0.25) is 0 Å². The molecule has 0 bridgehead atoms. The van der Waals surface area contributed by atoms with E-state index in [4.69, 9.17) is 11.0 Å². The Labute approximate surface area is 86.0 Å². The fourth-order valence-electron chi connectivity index (χ4n) is 0.432. The average molecular weight is 208 g/mol. The molecular weight excluding hydrogens is 194 g/mol. The van der Waals surface area contributed by atoms with E-state index in [9.17, 15) is 5.11 Å². The molecule has 0 unspecified atom stereocenters. The molecule has 12 heavy (non-hydrogen) atoms. The van der Waals surface area contributed by atoms with Crippen molar-refractivity contribution in [3.8, 4) is 0 Å². The first kappa shape index (κ1) is 9.02. The summed E-state index contributed by atoms with van der Waals surface area (Å²) in [4.78, 5) is 0. The number of hydrogen-bond acceptors (Lipinski definition) is 5. The predicted octanol–water partition coefficient (Wildman–Crippen LogP) is -0.135. The van der Waals surface area contributed by atoms with Crippen LogP contribution in [-0.2, 0) is 8.37 Å². The topological polar surface area (TPSA) is 38.7 Å². The minimum atomic E-state index is -1.29. The molecule has 0 aromatic heterocycles. The molecule has 0 aliphatic carbocycles. The Morgan fingerprint density at radius 1 is 1.50 bits per heavy atom. The van der Waals surface area contributed by atoms with Crippen LogP contribution in [0, 0.1) is 0 Å². The van der Waals surface area contributed by atoms with Crippen molar-refractivity contribution in [1.82, 2.24) is 0 Å². The summed E-state index contributed by atoms with van der Waals surface area (Å²) in [5.74, 6) is 0. The molecule has 3 nitrogen and oxygen atoms in total. The van der Waals surface area contributed by atoms with Gasteiger partial charge >= 0.3 is 0 Å². The molecule has 7 heteroatoms. The van der Waals surface area contributed by atoms with Gasteiger partial charge in [0.2, 0.25) is 14.2 Å². The lowest BCUT2D eigenvalue weighted by atomic mass is 10.1. The van der Waals surface area contributed by atoms with Crippen molar-refractivity contribution in [3.63, 3.8) is 0 Å². The van der Waals surface area contributed by atoms with Crippen LogP contribution in [0.5, 0.6) is 0 Å². The second-order valence-electron chi connectivity index (χ2n) is 2.02. The van der Waals surface area contributed by atoms with Gasteiger partial charge in [0.05, 0.1) is 13.2 Å². The van der Waals surface area contributed by atoms with E-state index in [0.717, 1.165) is 38.0 Å². The van der Waals surface area contributed by atoms with Gasteiger partial charge in [-0.05, 0) is 2.67 Å². The van der Waals surface area contributed by atoms with E-state index in [1.54, 1.807) is 0 Å². The maximum absolute atomic E-state index is 9.73. The third-order valence-electron chi connectivity index (χ3n) is 1.13. The lowest BCUT2D eigenvalue weighted by molar-refractivity contribution is 0.0117. The summed E-state index contributed by atoms with van der Waals surface area (Å²) in [5, 5.41) is 9.73. The molecule has 0 rings (SSSR count). The van der Waals surface area contributed by atoms with E-state index >= 15 is 0 Å². The molecule has 0 aliphatic rings. The van der Waals surface area contributed by atoms with Crippen LogP contribution >= 0.6 is 23.8 Å². The van der Waals surface area contributed by atoms with Gasteiger partial charge in [0.15, 0.2) is 0 Å². The summed E-state index contributed by atoms with van der Waals surface area (Å²) in [6.07, 6.45) is 1.31. The summed E-state index contributed by atoms with van der Waals surface area (Å²) in [7, 11) is 2.02. The van der Waals surface area contributed by atoms with E-state index in [1.165, 1.54) is 6.08 Å². The highest BCUT2D eigenvalue weighted by atomic mass is 32.2. The normalized spacial score (nSPS) is 13.1. The predicted molar refractivity (Wildman–Crippen MR) is 56.5 cm³/mol. The number of rotatable bonds is 9. The van der Waals surface area contributed by atoms with Gasteiger partial charge in [-0.1, -0.05) is 29.9 Å². The number of aliphatic hydroxyl groups is 1. The molecular formula is C5H10B2O3S2. The Morgan fingerprint density at radius 2 is 2.00 bits per heavy atom. The van der Waals surface area contributed by atoms with E-state index in [1.807, 2.05) is 0 Å². The maximum atomic E-state index is 9.73. The largest absolute Gasteiger partial charge is 0.381 e. The summed E-state index contributed by atoms with van der Waals surface area (Å²) < 4.78 is 23.1. The minimum absolute atomic E-state index is 0.0187. The Hall–Kier alpha value is 0.450. The van der Waals surface area contributed by atoms with Gasteiger partial charge in [-0.3, -0.25) is 0 Å². The molecule has 66 valence electrons. The van der Waals surface area contributed by atoms with E-state index < -0.39 is 5.60 Å². The van der Waals surface area contributed by atoms with Gasteiger partial charge in [-0.2, -0.15) is 0 Å². The van der Waals surface area contributed by atoms with Gasteiger partial charge < -0.3 is 13.5 Å². The molecule has 0 fully saturated rings. The molecule has 2 radical (unpaired) electrons. The van der Waals surface area contributed by atoms with E-state index in [-0.39, 0.29) is 13.2 Å². The van der Waals surface area contributed by atoms with Gasteiger partial charge in [-0.25, -0.2) is 0 Å². The average Bonchev–Trinajstić information content (AvgIpc) is 2.19. The molecule has 0 saturated carbocycles. The molecule has 1 N–H and O–H groups in total. The van der Waals surface area contributed by atoms with Crippen molar-refractivity contribution in [1.29, 1.82) is 2.67 Å². The second kappa shape index (κ2) is 6.91. The van der Waals surface area contributed by atoms with Crippen molar-refractivity contribution in [3.05, 3.63) is 12.7 Å². The molecule has 0 aromatic rings. The van der Waals surface area contributed by atoms with Crippen molar-refractivity contribution in [2.45, 2.75) is 5.60 Å². The fourth-order valence-corrected chi connectivity index (χ4v) is 0.976. The number of hydrogen-bond donors (Lipinski definition) is 1. The Balaban J connectivity index is 3.73. The highest BCUT2D eigenvalue weighted by molar-refractivity contribution is 8.16. The third-order valence-corrected chi connectivity index (χ3v) is 1.64. The van der Waals surface area contributed by atoms with Crippen LogP contribution in [-0.4, -0.2) is 40.8 Å². The Kier molecular flexibility index (Phi) is 5.20. The van der Waals surface area contributed by atoms with E-state index in [0.29, 0.717) is 0 Å². The quantitative estimate of drug-likeness (QED) is 0.247. The lowest BCUT2D eigenvalue weighted by Crippen LogP contribution is -2.35. The Bertz CT molecular complexity index is 156. The standard InChI is InChI=1S/C5H10B2O3S2/c1-2-5(8,3-9-11-6)4-10-12-7/h2,6-8H,1,3-4H2/i6T,7T. The molecule has 0 saturated heterocycles. The third kappa shape index (κ3) is 5.16. The van der Waals surface area contributed by atoms with Crippen LogP contribution in [0.3, 0.4) is 0 Å². The summed E-state index contributed by atoms with van der Waals surface area (Å²) >= 11 is 1.63. The minimum Gasteiger partial charge on any atom is -0.381 e. The summed E-state index contributed by atoms with van der Waals surface area (Å²) in [6.45, 7) is 3.41. The van der Waals surface area contributed by atoms with Crippen LogP contribution in [0.4, 0.5) is 0 Å². The monoisotopic (exact) mass is 208 g/mol. The lowest BCUT2D eigenvalue weighted by Gasteiger charge is -2.22. The van der Waals surface area contributed by atoms with Crippen LogP contribution in [0.1, 0.15) is 0 Å². The summed E-state index contributed by atoms with van der Waals surface area (Å²) in [5.41, 5.74) is -1.29. The van der Waals surface area contributed by atoms with Crippen LogP contribution in [0.25, 0.3) is 0 Å². The van der Waals surface area contributed by atoms with Crippen molar-refractivity contribution in [2.75, 3.05) is 13.2 Å². The fraction of sp³-hybridized carbons (Fsp3) is 0.600. The van der Waals surface area contributed by atoms with Crippen molar-refractivity contribution < 1.29 is 13.5 Å². The van der Waals surface area contributed by atoms with Gasteiger partial charge in [0.1, 0.15) is 5.60 Å². The molecule has 0 aromatic carbocycles. The van der Waals surface area contributed by atoms with Crippen molar-refractivity contribution >= 4 is 38.0 Å². The van der Waals surface area contributed by atoms with Crippen LogP contribution in [0.15, 0.2) is 12.7 Å². The van der Waals surface area contributed by atoms with Crippen LogP contribution < -0.4 is 0 Å². The zero-order valence-electron chi connectivity index (χ0n) is 8.43. The zero-order valence-corrected chi connectivity index (χ0v) is 8.07.